The summed E-state index contributed by atoms with van der Waals surface area (Å²) in [7, 11) is 0. The average molecular weight is 189 g/mol. The first kappa shape index (κ1) is 14.5. The Hall–Kier alpha value is 0.0200. The van der Waals surface area contributed by atoms with Crippen molar-refractivity contribution in [2.45, 2.75) is 47.5 Å². The lowest BCUT2D eigenvalue weighted by Crippen LogP contribution is -1.90. The number of nitrogens with one attached hydrogen (secondary N) is 1. The molecule has 0 aromatic carbocycles. The first-order valence-corrected chi connectivity index (χ1v) is 5.79. The molecular weight excluding hydrogens is 166 g/mol. The molecule has 0 heterocycles. The molecule has 0 radical (unpaired) electrons. The lowest BCUT2D eigenvalue weighted by atomic mass is 10.1. The maximum Gasteiger partial charge on any atom is 0.0610 e. The van der Waals surface area contributed by atoms with Crippen LogP contribution in [0.25, 0.3) is 0 Å². The molecule has 2 heteroatoms. The Morgan fingerprint density at radius 1 is 1.33 bits per heavy atom. The second-order valence-corrected chi connectivity index (χ2v) is 4.25. The molecule has 0 bridgehead atoms. The van der Waals surface area contributed by atoms with Crippen molar-refractivity contribution in [3.63, 3.8) is 0 Å². The minimum atomic E-state index is 0.740. The van der Waals surface area contributed by atoms with Crippen LogP contribution in [0.5, 0.6) is 0 Å². The predicted octanol–water partition coefficient (Wildman–Crippen LogP) is 4.18. The molecule has 0 saturated carbocycles. The summed E-state index contributed by atoms with van der Waals surface area (Å²) in [6, 6.07) is 0. The largest absolute Gasteiger partial charge is 0.299 e. The van der Waals surface area contributed by atoms with E-state index < -0.39 is 0 Å². The Morgan fingerprint density at radius 3 is 2.17 bits per heavy atom. The van der Waals surface area contributed by atoms with Crippen molar-refractivity contribution in [3.8, 4) is 0 Å². The molecule has 0 aromatic heterocycles. The number of rotatable bonds is 4. The van der Waals surface area contributed by atoms with Crippen molar-refractivity contribution >= 4 is 16.8 Å². The van der Waals surface area contributed by atoms with Gasteiger partial charge in [-0.25, -0.2) is 0 Å². The molecule has 0 atom stereocenters. The van der Waals surface area contributed by atoms with E-state index in [1.165, 1.54) is 12.8 Å². The lowest BCUT2D eigenvalue weighted by Gasteiger charge is -2.02. The predicted molar refractivity (Wildman–Crippen MR) is 61.3 cm³/mol. The molecule has 1 N–H and O–H groups in total. The van der Waals surface area contributed by atoms with Crippen molar-refractivity contribution in [1.82, 2.24) is 0 Å². The van der Waals surface area contributed by atoms with Crippen molar-refractivity contribution < 1.29 is 0 Å². The molecule has 0 aromatic rings. The van der Waals surface area contributed by atoms with Crippen LogP contribution in [-0.4, -0.2) is 10.8 Å². The van der Waals surface area contributed by atoms with Gasteiger partial charge in [-0.1, -0.05) is 34.1 Å². The molecule has 0 aliphatic carbocycles. The van der Waals surface area contributed by atoms with Gasteiger partial charge in [-0.2, -0.15) is 0 Å². The maximum atomic E-state index is 7.14. The first-order valence-electron chi connectivity index (χ1n) is 4.81. The van der Waals surface area contributed by atoms with Gasteiger partial charge in [0.1, 0.15) is 0 Å². The summed E-state index contributed by atoms with van der Waals surface area (Å²) < 4.78 is 0. The van der Waals surface area contributed by atoms with Crippen LogP contribution in [0, 0.1) is 11.3 Å². The van der Waals surface area contributed by atoms with Crippen LogP contribution < -0.4 is 0 Å². The highest BCUT2D eigenvalue weighted by molar-refractivity contribution is 8.13. The Kier molecular flexibility index (Phi) is 13.4. The van der Waals surface area contributed by atoms with Gasteiger partial charge in [0.05, 0.1) is 5.04 Å². The van der Waals surface area contributed by atoms with Gasteiger partial charge >= 0.3 is 0 Å². The second-order valence-electron chi connectivity index (χ2n) is 2.94. The number of hydrogen-bond acceptors (Lipinski definition) is 2. The summed E-state index contributed by atoms with van der Waals surface area (Å²) in [4.78, 5) is 0. The second kappa shape index (κ2) is 11.0. The zero-order chi connectivity index (χ0) is 9.98. The molecule has 12 heavy (non-hydrogen) atoms. The van der Waals surface area contributed by atoms with Gasteiger partial charge in [-0.3, -0.25) is 5.41 Å². The van der Waals surface area contributed by atoms with E-state index in [1.54, 1.807) is 11.8 Å². The van der Waals surface area contributed by atoms with E-state index in [0.29, 0.717) is 0 Å². The molecule has 0 amide bonds. The average Bonchev–Trinajstić information content (AvgIpc) is 2.02. The van der Waals surface area contributed by atoms with Gasteiger partial charge in [-0.15, -0.1) is 11.8 Å². The van der Waals surface area contributed by atoms with E-state index in [4.69, 9.17) is 5.41 Å². The third-order valence-corrected chi connectivity index (χ3v) is 2.17. The molecule has 0 rings (SSSR count). The van der Waals surface area contributed by atoms with Crippen LogP contribution in [0.3, 0.4) is 0 Å². The molecular formula is C10H23NS. The summed E-state index contributed by atoms with van der Waals surface area (Å²) in [5.74, 6) is 1.93. The first-order chi connectivity index (χ1) is 5.63. The molecule has 0 fully saturated rings. The van der Waals surface area contributed by atoms with Crippen LogP contribution >= 0.6 is 11.8 Å². The van der Waals surface area contributed by atoms with E-state index in [2.05, 4.69) is 13.8 Å². The van der Waals surface area contributed by atoms with Crippen LogP contribution in [-0.2, 0) is 0 Å². The Morgan fingerprint density at radius 2 is 1.83 bits per heavy atom. The molecule has 0 spiro atoms. The van der Waals surface area contributed by atoms with E-state index in [-0.39, 0.29) is 0 Å². The van der Waals surface area contributed by atoms with Gasteiger partial charge in [0.15, 0.2) is 0 Å². The van der Waals surface area contributed by atoms with Crippen LogP contribution in [0.1, 0.15) is 47.5 Å². The zero-order valence-electron chi connectivity index (χ0n) is 9.11. The Bertz CT molecular complexity index is 100. The quantitative estimate of drug-likeness (QED) is 0.400. The van der Waals surface area contributed by atoms with E-state index in [9.17, 15) is 0 Å². The molecule has 0 aliphatic rings. The fourth-order valence-corrected chi connectivity index (χ4v) is 1.33. The highest BCUT2D eigenvalue weighted by atomic mass is 32.2. The molecule has 0 saturated heterocycles. The van der Waals surface area contributed by atoms with Gasteiger partial charge in [0, 0.05) is 0 Å². The van der Waals surface area contributed by atoms with E-state index in [0.717, 1.165) is 16.7 Å². The third kappa shape index (κ3) is 16.5. The minimum Gasteiger partial charge on any atom is -0.299 e. The number of hydrogen-bond donors (Lipinski definition) is 1. The monoisotopic (exact) mass is 189 g/mol. The normalized spacial score (nSPS) is 9.17. The van der Waals surface area contributed by atoms with Gasteiger partial charge in [0.25, 0.3) is 0 Å². The summed E-state index contributed by atoms with van der Waals surface area (Å²) in [6.45, 7) is 10.3. The van der Waals surface area contributed by atoms with Crippen LogP contribution in [0.4, 0.5) is 0 Å². The third-order valence-electron chi connectivity index (χ3n) is 1.24. The molecule has 74 valence electrons. The SMILES string of the molecule is CC.CC(=N)SCCCC(C)C. The molecule has 0 aliphatic heterocycles. The minimum absolute atomic E-state index is 0.740. The van der Waals surface area contributed by atoms with Gasteiger partial charge < -0.3 is 0 Å². The van der Waals surface area contributed by atoms with Crippen molar-refractivity contribution in [2.24, 2.45) is 5.92 Å². The topological polar surface area (TPSA) is 23.9 Å². The van der Waals surface area contributed by atoms with Gasteiger partial charge in [-0.05, 0) is 25.0 Å². The fraction of sp³-hybridized carbons (Fsp3) is 0.900. The van der Waals surface area contributed by atoms with Gasteiger partial charge in [0.2, 0.25) is 0 Å². The van der Waals surface area contributed by atoms with Crippen LogP contribution in [0.2, 0.25) is 0 Å². The summed E-state index contributed by atoms with van der Waals surface area (Å²) in [5, 5.41) is 7.88. The van der Waals surface area contributed by atoms with E-state index in [1.807, 2.05) is 20.8 Å². The standard InChI is InChI=1S/C8H17NS.C2H6/c1-7(2)5-4-6-10-8(3)9;1-2/h7,9H,4-6H2,1-3H3;1-2H3. The van der Waals surface area contributed by atoms with Crippen molar-refractivity contribution in [1.29, 1.82) is 5.41 Å². The Balaban J connectivity index is 0. The van der Waals surface area contributed by atoms with Crippen LogP contribution in [0.15, 0.2) is 0 Å². The Labute approximate surface area is 81.8 Å². The highest BCUT2D eigenvalue weighted by Crippen LogP contribution is 2.09. The fourth-order valence-electron chi connectivity index (χ4n) is 0.717. The zero-order valence-corrected chi connectivity index (χ0v) is 9.92. The summed E-state index contributed by atoms with van der Waals surface area (Å²) in [5.41, 5.74) is 0. The maximum absolute atomic E-state index is 7.14. The van der Waals surface area contributed by atoms with Crippen molar-refractivity contribution in [3.05, 3.63) is 0 Å². The van der Waals surface area contributed by atoms with E-state index >= 15 is 0 Å². The number of thioether (sulfide) groups is 1. The highest BCUT2D eigenvalue weighted by Gasteiger charge is 1.94. The summed E-state index contributed by atoms with van der Waals surface area (Å²) in [6.07, 6.45) is 2.54. The van der Waals surface area contributed by atoms with Crippen molar-refractivity contribution in [2.75, 3.05) is 5.75 Å². The lowest BCUT2D eigenvalue weighted by molar-refractivity contribution is 0.579. The smallest absolute Gasteiger partial charge is 0.0610 e. The summed E-state index contributed by atoms with van der Waals surface area (Å²) >= 11 is 1.66. The molecule has 1 nitrogen and oxygen atoms in total. The molecule has 0 unspecified atom stereocenters.